The predicted octanol–water partition coefficient (Wildman–Crippen LogP) is 4.16. The minimum Gasteiger partial charge on any atom is -0.402 e. The van der Waals surface area contributed by atoms with E-state index in [1.54, 1.807) is 0 Å². The molecule has 0 bridgehead atoms. The molecule has 0 aromatic heterocycles. The van der Waals surface area contributed by atoms with Crippen LogP contribution >= 0.6 is 0 Å². The third-order valence-corrected chi connectivity index (χ3v) is 1.66. The molecule has 0 fully saturated rings. The van der Waals surface area contributed by atoms with Gasteiger partial charge in [0.1, 0.15) is 0 Å². The zero-order chi connectivity index (χ0) is 12.9. The fourth-order valence-corrected chi connectivity index (χ4v) is 1.15. The van der Waals surface area contributed by atoms with Gasteiger partial charge >= 0.3 is 0 Å². The molecule has 0 amide bonds. The van der Waals surface area contributed by atoms with Crippen LogP contribution in [0.1, 0.15) is 61.8 Å². The van der Waals surface area contributed by atoms with Crippen LogP contribution in [0.25, 0.3) is 0 Å². The third kappa shape index (κ3) is 11.1. The smallest absolute Gasteiger partial charge is 0.0366 e. The second kappa shape index (κ2) is 15.7. The largest absolute Gasteiger partial charge is 0.402 e. The van der Waals surface area contributed by atoms with Crippen LogP contribution < -0.4 is 5.73 Å². The van der Waals surface area contributed by atoms with Crippen LogP contribution in [0.3, 0.4) is 0 Å². The Labute approximate surface area is 96.7 Å². The van der Waals surface area contributed by atoms with E-state index in [-0.39, 0.29) is 0 Å². The highest BCUT2D eigenvalue weighted by molar-refractivity contribution is 5.98. The van der Waals surface area contributed by atoms with Crippen molar-refractivity contribution in [2.75, 3.05) is 6.54 Å². The van der Waals surface area contributed by atoms with Crippen molar-refractivity contribution < 1.29 is 0 Å². The third-order valence-electron chi connectivity index (χ3n) is 1.66. The van der Waals surface area contributed by atoms with Crippen molar-refractivity contribution in [2.45, 2.75) is 61.8 Å². The number of hydrogen-bond donors (Lipinski definition) is 1. The summed E-state index contributed by atoms with van der Waals surface area (Å²) >= 11 is 0. The molecule has 0 aliphatic rings. The molecule has 0 radical (unpaired) electrons. The molecule has 0 aliphatic carbocycles. The first-order valence-corrected chi connectivity index (χ1v) is 6.10. The second-order valence-corrected chi connectivity index (χ2v) is 2.57. The maximum atomic E-state index is 5.68. The summed E-state index contributed by atoms with van der Waals surface area (Å²) in [6, 6.07) is 0. The molecule has 0 rings (SSSR count). The summed E-state index contributed by atoms with van der Waals surface area (Å²) < 4.78 is 0. The quantitative estimate of drug-likeness (QED) is 0.704. The first kappa shape index (κ1) is 19.7. The lowest BCUT2D eigenvalue weighted by Crippen LogP contribution is -2.05. The van der Waals surface area contributed by atoms with Crippen molar-refractivity contribution in [3.05, 3.63) is 11.3 Å². The monoisotopic (exact) mass is 214 g/mol. The van der Waals surface area contributed by atoms with Crippen LogP contribution in [-0.2, 0) is 0 Å². The molecule has 0 atom stereocenters. The van der Waals surface area contributed by atoms with Crippen molar-refractivity contribution in [1.82, 2.24) is 0 Å². The number of aliphatic imine (C=N–C) groups is 1. The summed E-state index contributed by atoms with van der Waals surface area (Å²) in [5.74, 6) is 0. The highest BCUT2D eigenvalue weighted by Crippen LogP contribution is 2.06. The molecule has 0 saturated heterocycles. The maximum Gasteiger partial charge on any atom is 0.0366 e. The summed E-state index contributed by atoms with van der Waals surface area (Å²) in [6.45, 7) is 16.9. The van der Waals surface area contributed by atoms with E-state index >= 15 is 0 Å². The van der Waals surface area contributed by atoms with Crippen molar-refractivity contribution in [3.63, 3.8) is 0 Å². The molecular weight excluding hydrogens is 184 g/mol. The summed E-state index contributed by atoms with van der Waals surface area (Å²) in [7, 11) is 0. The fourth-order valence-electron chi connectivity index (χ4n) is 1.15. The molecule has 0 saturated carbocycles. The molecule has 0 spiro atoms. The Morgan fingerprint density at radius 1 is 1.00 bits per heavy atom. The molecule has 0 heterocycles. The van der Waals surface area contributed by atoms with Crippen molar-refractivity contribution in [1.29, 1.82) is 0 Å². The topological polar surface area (TPSA) is 38.4 Å². The van der Waals surface area contributed by atoms with Gasteiger partial charge in [-0.15, -0.1) is 0 Å². The van der Waals surface area contributed by atoms with Gasteiger partial charge < -0.3 is 5.73 Å². The standard InChI is InChI=1S/C9H18N2.2C2H6/c1-5-9(7(3)10)8(4)11-6-2;2*1-2/h5-6,10H2,1-4H3;2*1-2H3/b9-7-,11-8?;;. The Morgan fingerprint density at radius 2 is 1.40 bits per heavy atom. The van der Waals surface area contributed by atoms with E-state index in [1.807, 2.05) is 48.5 Å². The van der Waals surface area contributed by atoms with Crippen LogP contribution in [0.15, 0.2) is 16.3 Å². The van der Waals surface area contributed by atoms with Gasteiger partial charge in [0.25, 0.3) is 0 Å². The van der Waals surface area contributed by atoms with Crippen LogP contribution in [0.4, 0.5) is 0 Å². The number of rotatable bonds is 3. The summed E-state index contributed by atoms with van der Waals surface area (Å²) in [4.78, 5) is 4.30. The van der Waals surface area contributed by atoms with Crippen molar-refractivity contribution >= 4 is 5.71 Å². The van der Waals surface area contributed by atoms with Gasteiger partial charge in [-0.1, -0.05) is 34.6 Å². The Balaban J connectivity index is -0.000000318. The highest BCUT2D eigenvalue weighted by atomic mass is 14.7. The van der Waals surface area contributed by atoms with E-state index in [2.05, 4.69) is 11.9 Å². The lowest BCUT2D eigenvalue weighted by Gasteiger charge is -2.05. The number of allylic oxidation sites excluding steroid dienone is 2. The zero-order valence-electron chi connectivity index (χ0n) is 11.9. The van der Waals surface area contributed by atoms with Gasteiger partial charge in [0.15, 0.2) is 0 Å². The number of nitrogens with zero attached hydrogens (tertiary/aromatic N) is 1. The van der Waals surface area contributed by atoms with Crippen molar-refractivity contribution in [2.24, 2.45) is 10.7 Å². The van der Waals surface area contributed by atoms with Gasteiger partial charge in [-0.3, -0.25) is 4.99 Å². The van der Waals surface area contributed by atoms with Crippen LogP contribution in [-0.4, -0.2) is 12.3 Å². The molecule has 0 unspecified atom stereocenters. The molecule has 15 heavy (non-hydrogen) atoms. The van der Waals surface area contributed by atoms with Gasteiger partial charge in [-0.05, 0) is 32.8 Å². The van der Waals surface area contributed by atoms with Crippen LogP contribution in [0, 0.1) is 0 Å². The normalized spacial score (nSPS) is 11.6. The molecule has 2 nitrogen and oxygen atoms in total. The molecule has 2 heteroatoms. The average Bonchev–Trinajstić information content (AvgIpc) is 2.24. The minimum absolute atomic E-state index is 0.836. The lowest BCUT2D eigenvalue weighted by atomic mass is 10.1. The van der Waals surface area contributed by atoms with E-state index in [0.717, 1.165) is 24.4 Å². The predicted molar refractivity (Wildman–Crippen MR) is 73.5 cm³/mol. The van der Waals surface area contributed by atoms with Gasteiger partial charge in [-0.25, -0.2) is 0 Å². The van der Waals surface area contributed by atoms with Gasteiger partial charge in [-0.2, -0.15) is 0 Å². The van der Waals surface area contributed by atoms with E-state index < -0.39 is 0 Å². The molecule has 0 aliphatic heterocycles. The van der Waals surface area contributed by atoms with Gasteiger partial charge in [0.2, 0.25) is 0 Å². The molecule has 0 aromatic rings. The van der Waals surface area contributed by atoms with E-state index in [9.17, 15) is 0 Å². The molecule has 92 valence electrons. The lowest BCUT2D eigenvalue weighted by molar-refractivity contribution is 1.07. The Morgan fingerprint density at radius 3 is 1.60 bits per heavy atom. The Bertz CT molecular complexity index is 175. The Kier molecular flexibility index (Phi) is 20.6. The van der Waals surface area contributed by atoms with Gasteiger partial charge in [0.05, 0.1) is 0 Å². The fraction of sp³-hybridized carbons (Fsp3) is 0.769. The SMILES string of the molecule is CC.CC.CCN=C(C)/C(CC)=C(/C)N. The maximum absolute atomic E-state index is 5.68. The summed E-state index contributed by atoms with van der Waals surface area (Å²) in [5, 5.41) is 0. The number of hydrogen-bond acceptors (Lipinski definition) is 2. The van der Waals surface area contributed by atoms with Crippen LogP contribution in [0.2, 0.25) is 0 Å². The first-order chi connectivity index (χ1) is 7.13. The van der Waals surface area contributed by atoms with Gasteiger partial charge in [0, 0.05) is 18.0 Å². The Hall–Kier alpha value is -0.790. The number of nitrogens with two attached hydrogens (primary N) is 1. The summed E-state index contributed by atoms with van der Waals surface area (Å²) in [5.41, 5.74) is 8.83. The van der Waals surface area contributed by atoms with E-state index in [1.165, 1.54) is 5.57 Å². The zero-order valence-corrected chi connectivity index (χ0v) is 11.9. The van der Waals surface area contributed by atoms with Crippen LogP contribution in [0.5, 0.6) is 0 Å². The summed E-state index contributed by atoms with van der Waals surface area (Å²) in [6.07, 6.45) is 0.970. The minimum atomic E-state index is 0.836. The average molecular weight is 214 g/mol. The van der Waals surface area contributed by atoms with Crippen molar-refractivity contribution in [3.8, 4) is 0 Å². The highest BCUT2D eigenvalue weighted by Gasteiger charge is 1.99. The molecule has 2 N–H and O–H groups in total. The first-order valence-electron chi connectivity index (χ1n) is 6.10. The molecular formula is C13H30N2. The van der Waals surface area contributed by atoms with E-state index in [0.29, 0.717) is 0 Å². The second-order valence-electron chi connectivity index (χ2n) is 2.57. The molecule has 0 aromatic carbocycles. The van der Waals surface area contributed by atoms with E-state index in [4.69, 9.17) is 5.73 Å².